The topological polar surface area (TPSA) is 58.0 Å². The minimum absolute atomic E-state index is 0.248. The summed E-state index contributed by atoms with van der Waals surface area (Å²) in [5, 5.41) is 14.2. The molecular formula is C21H17N3O. The van der Waals surface area contributed by atoms with E-state index in [0.717, 1.165) is 39.1 Å². The van der Waals surface area contributed by atoms with Gasteiger partial charge in [0.05, 0.1) is 11.2 Å². The quantitative estimate of drug-likeness (QED) is 0.552. The number of nitrogens with one attached hydrogen (secondary N) is 1. The first-order valence-electron chi connectivity index (χ1n) is 8.07. The predicted molar refractivity (Wildman–Crippen MR) is 101 cm³/mol. The van der Waals surface area contributed by atoms with Gasteiger partial charge >= 0.3 is 0 Å². The molecule has 0 amide bonds. The molecular weight excluding hydrogens is 310 g/mol. The lowest BCUT2D eigenvalue weighted by molar-refractivity contribution is 0.475. The third-order valence-electron chi connectivity index (χ3n) is 4.04. The van der Waals surface area contributed by atoms with Crippen molar-refractivity contribution in [3.8, 4) is 17.0 Å². The van der Waals surface area contributed by atoms with Gasteiger partial charge in [-0.2, -0.15) is 0 Å². The molecule has 4 heteroatoms. The highest BCUT2D eigenvalue weighted by atomic mass is 16.3. The number of rotatable bonds is 3. The summed E-state index contributed by atoms with van der Waals surface area (Å²) in [7, 11) is 0. The Labute approximate surface area is 145 Å². The Morgan fingerprint density at radius 2 is 1.80 bits per heavy atom. The van der Waals surface area contributed by atoms with Crippen LogP contribution in [0.5, 0.6) is 5.75 Å². The molecule has 0 aliphatic carbocycles. The molecule has 4 rings (SSSR count). The maximum Gasteiger partial charge on any atom is 0.117 e. The van der Waals surface area contributed by atoms with Crippen LogP contribution in [0.2, 0.25) is 0 Å². The maximum atomic E-state index is 9.79. The van der Waals surface area contributed by atoms with Crippen molar-refractivity contribution in [2.45, 2.75) is 6.92 Å². The first kappa shape index (κ1) is 15.1. The largest absolute Gasteiger partial charge is 0.508 e. The van der Waals surface area contributed by atoms with E-state index in [4.69, 9.17) is 0 Å². The molecule has 2 N–H and O–H groups in total. The highest BCUT2D eigenvalue weighted by Gasteiger charge is 2.06. The van der Waals surface area contributed by atoms with Crippen LogP contribution in [0.4, 0.5) is 11.4 Å². The van der Waals surface area contributed by atoms with Gasteiger partial charge in [0, 0.05) is 40.8 Å². The summed E-state index contributed by atoms with van der Waals surface area (Å²) in [6, 6.07) is 19.4. The number of benzene rings is 2. The summed E-state index contributed by atoms with van der Waals surface area (Å²) in [5.41, 5.74) is 5.64. The van der Waals surface area contributed by atoms with Gasteiger partial charge in [-0.3, -0.25) is 9.97 Å². The zero-order valence-electron chi connectivity index (χ0n) is 13.8. The van der Waals surface area contributed by atoms with Crippen molar-refractivity contribution in [3.05, 3.63) is 78.6 Å². The van der Waals surface area contributed by atoms with Crippen LogP contribution >= 0.6 is 0 Å². The minimum atomic E-state index is 0.248. The van der Waals surface area contributed by atoms with Crippen LogP contribution < -0.4 is 5.32 Å². The van der Waals surface area contributed by atoms with E-state index in [-0.39, 0.29) is 5.75 Å². The number of phenolic OH excluding ortho intramolecular Hbond substituents is 1. The number of hydrogen-bond acceptors (Lipinski definition) is 4. The summed E-state index contributed by atoms with van der Waals surface area (Å²) >= 11 is 0. The van der Waals surface area contributed by atoms with Gasteiger partial charge in [-0.25, -0.2) is 0 Å². The number of hydrogen-bond donors (Lipinski definition) is 2. The summed E-state index contributed by atoms with van der Waals surface area (Å²) < 4.78 is 0. The Hall–Kier alpha value is -3.40. The van der Waals surface area contributed by atoms with Crippen molar-refractivity contribution < 1.29 is 5.11 Å². The van der Waals surface area contributed by atoms with E-state index in [1.807, 2.05) is 55.5 Å². The van der Waals surface area contributed by atoms with Gasteiger partial charge in [0.25, 0.3) is 0 Å². The Morgan fingerprint density at radius 1 is 0.880 bits per heavy atom. The van der Waals surface area contributed by atoms with Crippen LogP contribution in [0.25, 0.3) is 22.2 Å². The van der Waals surface area contributed by atoms with Crippen molar-refractivity contribution in [2.75, 3.05) is 5.32 Å². The molecule has 2 aromatic carbocycles. The monoisotopic (exact) mass is 327 g/mol. The third kappa shape index (κ3) is 3.15. The molecule has 0 bridgehead atoms. The number of aromatic hydroxyl groups is 1. The molecule has 0 saturated carbocycles. The van der Waals surface area contributed by atoms with E-state index < -0.39 is 0 Å². The molecule has 0 unspecified atom stereocenters. The van der Waals surface area contributed by atoms with Crippen molar-refractivity contribution in [1.82, 2.24) is 9.97 Å². The number of aromatic nitrogens is 2. The molecule has 4 aromatic rings. The van der Waals surface area contributed by atoms with E-state index >= 15 is 0 Å². The number of fused-ring (bicyclic) bond motifs is 1. The maximum absolute atomic E-state index is 9.79. The molecule has 0 aliphatic heterocycles. The molecule has 25 heavy (non-hydrogen) atoms. The van der Waals surface area contributed by atoms with Gasteiger partial charge in [0.2, 0.25) is 0 Å². The van der Waals surface area contributed by atoms with Gasteiger partial charge in [0.1, 0.15) is 5.75 Å². The van der Waals surface area contributed by atoms with Gasteiger partial charge in [0.15, 0.2) is 0 Å². The van der Waals surface area contributed by atoms with Gasteiger partial charge in [-0.05, 0) is 48.9 Å². The van der Waals surface area contributed by atoms with Gasteiger partial charge in [-0.1, -0.05) is 18.2 Å². The molecule has 2 heterocycles. The summed E-state index contributed by atoms with van der Waals surface area (Å²) in [6.45, 7) is 1.95. The van der Waals surface area contributed by atoms with Crippen LogP contribution in [-0.2, 0) is 0 Å². The van der Waals surface area contributed by atoms with Crippen LogP contribution in [0, 0.1) is 6.92 Å². The molecule has 0 aliphatic rings. The van der Waals surface area contributed by atoms with Crippen LogP contribution in [0.3, 0.4) is 0 Å². The average Bonchev–Trinajstić information content (AvgIpc) is 2.61. The number of aryl methyl sites for hydroxylation is 1. The smallest absolute Gasteiger partial charge is 0.117 e. The van der Waals surface area contributed by atoms with Crippen molar-refractivity contribution in [3.63, 3.8) is 0 Å². The average molecular weight is 327 g/mol. The fraction of sp³-hybridized carbons (Fsp3) is 0.0476. The second-order valence-corrected chi connectivity index (χ2v) is 5.99. The van der Waals surface area contributed by atoms with Crippen LogP contribution in [0.15, 0.2) is 73.1 Å². The summed E-state index contributed by atoms with van der Waals surface area (Å²) in [4.78, 5) is 8.88. The van der Waals surface area contributed by atoms with E-state index in [0.29, 0.717) is 0 Å². The fourth-order valence-corrected chi connectivity index (χ4v) is 2.94. The first-order chi connectivity index (χ1) is 12.2. The minimum Gasteiger partial charge on any atom is -0.508 e. The van der Waals surface area contributed by atoms with Crippen LogP contribution in [-0.4, -0.2) is 15.1 Å². The van der Waals surface area contributed by atoms with Gasteiger partial charge < -0.3 is 10.4 Å². The first-order valence-corrected chi connectivity index (χ1v) is 8.07. The molecule has 0 fully saturated rings. The highest BCUT2D eigenvalue weighted by Crippen LogP contribution is 2.30. The Morgan fingerprint density at radius 3 is 2.60 bits per heavy atom. The number of pyridine rings is 2. The lowest BCUT2D eigenvalue weighted by Crippen LogP contribution is -1.93. The number of anilines is 2. The zero-order valence-corrected chi connectivity index (χ0v) is 13.8. The molecule has 0 saturated heterocycles. The van der Waals surface area contributed by atoms with Crippen molar-refractivity contribution in [2.24, 2.45) is 0 Å². The number of phenols is 1. The van der Waals surface area contributed by atoms with Gasteiger partial charge in [-0.15, -0.1) is 0 Å². The number of nitrogens with zero attached hydrogens (tertiary/aromatic N) is 2. The molecule has 2 aromatic heterocycles. The van der Waals surface area contributed by atoms with Crippen molar-refractivity contribution in [1.29, 1.82) is 0 Å². The Kier molecular flexibility index (Phi) is 3.78. The van der Waals surface area contributed by atoms with E-state index in [2.05, 4.69) is 15.3 Å². The zero-order chi connectivity index (χ0) is 17.2. The standard InChI is InChI=1S/C21H17N3O/c1-14-10-16(13-17(25)11-14)24-20-7-9-23-21-12-15(5-6-18(20)21)19-4-2-3-8-22-19/h2-13,25H,1H3,(H,23,24). The molecule has 122 valence electrons. The fourth-order valence-electron chi connectivity index (χ4n) is 2.94. The molecule has 0 radical (unpaired) electrons. The molecule has 4 nitrogen and oxygen atoms in total. The SMILES string of the molecule is Cc1cc(O)cc(Nc2ccnc3cc(-c4ccccn4)ccc23)c1. The highest BCUT2D eigenvalue weighted by molar-refractivity contribution is 5.95. The van der Waals surface area contributed by atoms with Crippen LogP contribution in [0.1, 0.15) is 5.56 Å². The second kappa shape index (κ2) is 6.24. The normalized spacial score (nSPS) is 10.8. The van der Waals surface area contributed by atoms with Crippen molar-refractivity contribution >= 4 is 22.3 Å². The summed E-state index contributed by atoms with van der Waals surface area (Å²) in [5.74, 6) is 0.248. The van der Waals surface area contributed by atoms with E-state index in [9.17, 15) is 5.11 Å². The predicted octanol–water partition coefficient (Wildman–Crippen LogP) is 5.05. The third-order valence-corrected chi connectivity index (χ3v) is 4.04. The lowest BCUT2D eigenvalue weighted by Gasteiger charge is -2.11. The Balaban J connectivity index is 1.75. The second-order valence-electron chi connectivity index (χ2n) is 5.99. The Bertz CT molecular complexity index is 1030. The van der Waals surface area contributed by atoms with E-state index in [1.165, 1.54) is 0 Å². The molecule has 0 atom stereocenters. The molecule has 0 spiro atoms. The lowest BCUT2D eigenvalue weighted by atomic mass is 10.1. The summed E-state index contributed by atoms with van der Waals surface area (Å²) in [6.07, 6.45) is 3.57. The van der Waals surface area contributed by atoms with E-state index in [1.54, 1.807) is 24.5 Å².